The number of halogens is 4. The Morgan fingerprint density at radius 1 is 1.11 bits per heavy atom. The van der Waals surface area contributed by atoms with Gasteiger partial charge in [-0.25, -0.2) is 4.98 Å². The minimum atomic E-state index is -4.41. The maximum absolute atomic E-state index is 12.8. The number of hydrogen-bond acceptors (Lipinski definition) is 4. The zero-order chi connectivity index (χ0) is 19.4. The smallest absolute Gasteiger partial charge is 0.332 e. The lowest BCUT2D eigenvalue weighted by atomic mass is 10.2. The summed E-state index contributed by atoms with van der Waals surface area (Å²) in [5.41, 5.74) is 0.610. The minimum absolute atomic E-state index is 0.0350. The average Bonchev–Trinajstić information content (AvgIpc) is 3.01. The molecule has 2 aromatic carbocycles. The van der Waals surface area contributed by atoms with Crippen molar-refractivity contribution in [3.63, 3.8) is 0 Å². The van der Waals surface area contributed by atoms with Gasteiger partial charge >= 0.3 is 6.18 Å². The molecule has 0 aliphatic heterocycles. The molecule has 4 nitrogen and oxygen atoms in total. The minimum Gasteiger partial charge on any atom is -0.332 e. The molecule has 0 aliphatic carbocycles. The van der Waals surface area contributed by atoms with Crippen LogP contribution >= 0.6 is 22.9 Å². The van der Waals surface area contributed by atoms with Crippen molar-refractivity contribution >= 4 is 45.4 Å². The van der Waals surface area contributed by atoms with E-state index >= 15 is 0 Å². The molecule has 1 amide bonds. The normalized spacial score (nSPS) is 11.3. The van der Waals surface area contributed by atoms with Gasteiger partial charge in [0, 0.05) is 21.8 Å². The predicted octanol–water partition coefficient (Wildman–Crippen LogP) is 5.74. The Labute approximate surface area is 162 Å². The summed E-state index contributed by atoms with van der Waals surface area (Å²) in [6.45, 7) is 0. The van der Waals surface area contributed by atoms with E-state index in [1.165, 1.54) is 23.5 Å². The molecule has 1 heterocycles. The zero-order valence-electron chi connectivity index (χ0n) is 13.7. The molecule has 0 aliphatic rings. The molecule has 0 fully saturated rings. The molecule has 0 unspecified atom stereocenters. The van der Waals surface area contributed by atoms with Crippen LogP contribution in [0.4, 0.5) is 29.7 Å². The van der Waals surface area contributed by atoms with E-state index in [9.17, 15) is 18.0 Å². The van der Waals surface area contributed by atoms with Crippen molar-refractivity contribution < 1.29 is 18.0 Å². The van der Waals surface area contributed by atoms with Crippen LogP contribution < -0.4 is 10.6 Å². The molecule has 0 saturated carbocycles. The molecule has 0 spiro atoms. The SMILES string of the molecule is O=C(Cc1csc(Nc2cccc(C(F)(F)F)c2)n1)Nc1cccc(Cl)c1. The monoisotopic (exact) mass is 411 g/mol. The van der Waals surface area contributed by atoms with E-state index in [1.54, 1.807) is 29.6 Å². The van der Waals surface area contributed by atoms with Crippen LogP contribution in [0, 0.1) is 0 Å². The Kier molecular flexibility index (Phi) is 5.67. The Morgan fingerprint density at radius 3 is 2.59 bits per heavy atom. The van der Waals surface area contributed by atoms with Crippen molar-refractivity contribution in [2.24, 2.45) is 0 Å². The van der Waals surface area contributed by atoms with E-state index in [0.29, 0.717) is 21.5 Å². The van der Waals surface area contributed by atoms with Gasteiger partial charge in [-0.15, -0.1) is 11.3 Å². The van der Waals surface area contributed by atoms with E-state index in [2.05, 4.69) is 15.6 Å². The number of hydrogen-bond donors (Lipinski definition) is 2. The molecule has 2 N–H and O–H groups in total. The molecular weight excluding hydrogens is 399 g/mol. The number of anilines is 3. The zero-order valence-corrected chi connectivity index (χ0v) is 15.3. The van der Waals surface area contributed by atoms with Gasteiger partial charge in [0.2, 0.25) is 5.91 Å². The summed E-state index contributed by atoms with van der Waals surface area (Å²) in [5.74, 6) is -0.270. The van der Waals surface area contributed by atoms with E-state index in [-0.39, 0.29) is 18.0 Å². The number of amides is 1. The van der Waals surface area contributed by atoms with Crippen LogP contribution in [0.25, 0.3) is 0 Å². The Balaban J connectivity index is 1.62. The Morgan fingerprint density at radius 2 is 1.85 bits per heavy atom. The molecule has 0 saturated heterocycles. The first-order valence-corrected chi connectivity index (χ1v) is 8.99. The Hall–Kier alpha value is -2.58. The second kappa shape index (κ2) is 7.98. The number of carbonyl (C=O) groups is 1. The quantitative estimate of drug-likeness (QED) is 0.563. The van der Waals surface area contributed by atoms with Gasteiger partial charge in [-0.2, -0.15) is 13.2 Å². The van der Waals surface area contributed by atoms with Crippen molar-refractivity contribution in [2.75, 3.05) is 10.6 Å². The van der Waals surface area contributed by atoms with Gasteiger partial charge in [0.15, 0.2) is 5.13 Å². The van der Waals surface area contributed by atoms with Gasteiger partial charge < -0.3 is 10.6 Å². The predicted molar refractivity (Wildman–Crippen MR) is 101 cm³/mol. The maximum Gasteiger partial charge on any atom is 0.416 e. The van der Waals surface area contributed by atoms with E-state index in [1.807, 2.05) is 0 Å². The molecule has 0 bridgehead atoms. The lowest BCUT2D eigenvalue weighted by Crippen LogP contribution is -2.14. The highest BCUT2D eigenvalue weighted by molar-refractivity contribution is 7.13. The summed E-state index contributed by atoms with van der Waals surface area (Å²) in [6, 6.07) is 11.6. The third kappa shape index (κ3) is 5.45. The molecule has 1 aromatic heterocycles. The van der Waals surface area contributed by atoms with Gasteiger partial charge in [0.1, 0.15) is 0 Å². The van der Waals surface area contributed by atoms with Gasteiger partial charge in [-0.05, 0) is 36.4 Å². The summed E-state index contributed by atoms with van der Waals surface area (Å²) >= 11 is 7.07. The van der Waals surface area contributed by atoms with E-state index in [0.717, 1.165) is 12.1 Å². The first kappa shape index (κ1) is 19.2. The van der Waals surface area contributed by atoms with Crippen molar-refractivity contribution in [1.29, 1.82) is 0 Å². The van der Waals surface area contributed by atoms with Crippen LogP contribution in [0.1, 0.15) is 11.3 Å². The lowest BCUT2D eigenvalue weighted by molar-refractivity contribution is -0.137. The molecule has 3 rings (SSSR count). The van der Waals surface area contributed by atoms with Crippen LogP contribution in [0.3, 0.4) is 0 Å². The highest BCUT2D eigenvalue weighted by Crippen LogP contribution is 2.31. The molecule has 9 heteroatoms. The third-order valence-electron chi connectivity index (χ3n) is 3.44. The summed E-state index contributed by atoms with van der Waals surface area (Å²) in [6.07, 6.45) is -4.38. The van der Waals surface area contributed by atoms with E-state index < -0.39 is 11.7 Å². The highest BCUT2D eigenvalue weighted by Gasteiger charge is 2.30. The lowest BCUT2D eigenvalue weighted by Gasteiger charge is -2.09. The summed E-state index contributed by atoms with van der Waals surface area (Å²) in [7, 11) is 0. The van der Waals surface area contributed by atoms with Gasteiger partial charge in [0.05, 0.1) is 17.7 Å². The van der Waals surface area contributed by atoms with Crippen molar-refractivity contribution in [2.45, 2.75) is 12.6 Å². The van der Waals surface area contributed by atoms with E-state index in [4.69, 9.17) is 11.6 Å². The van der Waals surface area contributed by atoms with Gasteiger partial charge in [-0.3, -0.25) is 4.79 Å². The fourth-order valence-electron chi connectivity index (χ4n) is 2.28. The maximum atomic E-state index is 12.8. The molecule has 0 radical (unpaired) electrons. The highest BCUT2D eigenvalue weighted by atomic mass is 35.5. The molecule has 0 atom stereocenters. The van der Waals surface area contributed by atoms with Crippen LogP contribution in [0.15, 0.2) is 53.9 Å². The van der Waals surface area contributed by atoms with Crippen LogP contribution in [-0.4, -0.2) is 10.9 Å². The standard InChI is InChI=1S/C18H13ClF3N3OS/c19-12-4-2-6-14(8-12)23-16(26)9-15-10-27-17(25-15)24-13-5-1-3-11(7-13)18(20,21)22/h1-8,10H,9H2,(H,23,26)(H,24,25). The van der Waals surface area contributed by atoms with Crippen LogP contribution in [0.2, 0.25) is 5.02 Å². The second-order valence-corrected chi connectivity index (χ2v) is 6.88. The first-order chi connectivity index (χ1) is 12.8. The number of aromatic nitrogens is 1. The first-order valence-electron chi connectivity index (χ1n) is 7.74. The molecule has 140 valence electrons. The van der Waals surface area contributed by atoms with Crippen LogP contribution in [0.5, 0.6) is 0 Å². The number of rotatable bonds is 5. The van der Waals surface area contributed by atoms with Crippen molar-refractivity contribution in [1.82, 2.24) is 4.98 Å². The number of carbonyl (C=O) groups excluding carboxylic acids is 1. The topological polar surface area (TPSA) is 54.0 Å². The van der Waals surface area contributed by atoms with Crippen molar-refractivity contribution in [3.05, 3.63) is 70.2 Å². The number of benzene rings is 2. The Bertz CT molecular complexity index is 959. The molecular formula is C18H13ClF3N3OS. The molecule has 3 aromatic rings. The second-order valence-electron chi connectivity index (χ2n) is 5.58. The summed E-state index contributed by atoms with van der Waals surface area (Å²) < 4.78 is 38.3. The average molecular weight is 412 g/mol. The van der Waals surface area contributed by atoms with Crippen LogP contribution in [-0.2, 0) is 17.4 Å². The largest absolute Gasteiger partial charge is 0.416 e. The number of alkyl halides is 3. The van der Waals surface area contributed by atoms with Crippen molar-refractivity contribution in [3.8, 4) is 0 Å². The molecule has 27 heavy (non-hydrogen) atoms. The fraction of sp³-hybridized carbons (Fsp3) is 0.111. The number of nitrogens with zero attached hydrogens (tertiary/aromatic N) is 1. The third-order valence-corrected chi connectivity index (χ3v) is 4.48. The number of nitrogens with one attached hydrogen (secondary N) is 2. The summed E-state index contributed by atoms with van der Waals surface area (Å²) in [5, 5.41) is 8.12. The number of thiazole rings is 1. The van der Waals surface area contributed by atoms with Gasteiger partial charge in [0.25, 0.3) is 0 Å². The summed E-state index contributed by atoms with van der Waals surface area (Å²) in [4.78, 5) is 16.3. The fourth-order valence-corrected chi connectivity index (χ4v) is 3.20. The van der Waals surface area contributed by atoms with Gasteiger partial charge in [-0.1, -0.05) is 23.7 Å².